The first kappa shape index (κ1) is 16.1. The molecule has 0 aliphatic heterocycles. The number of nitrogens with zero attached hydrogens (tertiary/aromatic N) is 1. The highest BCUT2D eigenvalue weighted by atomic mass is 35.5. The van der Waals surface area contributed by atoms with Gasteiger partial charge >= 0.3 is 5.97 Å². The van der Waals surface area contributed by atoms with Crippen LogP contribution in [0.3, 0.4) is 0 Å². The number of halogens is 3. The summed E-state index contributed by atoms with van der Waals surface area (Å²) in [5.41, 5.74) is 0. The zero-order valence-corrected chi connectivity index (χ0v) is 12.6. The van der Waals surface area contributed by atoms with Crippen LogP contribution >= 0.6 is 11.6 Å². The van der Waals surface area contributed by atoms with Crippen molar-refractivity contribution in [2.75, 3.05) is 0 Å². The summed E-state index contributed by atoms with van der Waals surface area (Å²) >= 11 is 5.70. The van der Waals surface area contributed by atoms with Crippen LogP contribution in [0.25, 0.3) is 0 Å². The lowest BCUT2D eigenvalue weighted by Gasteiger charge is -2.23. The van der Waals surface area contributed by atoms with E-state index in [4.69, 9.17) is 16.3 Å². The van der Waals surface area contributed by atoms with E-state index in [1.807, 2.05) is 0 Å². The summed E-state index contributed by atoms with van der Waals surface area (Å²) in [6.07, 6.45) is 2.87. The molecule has 1 aromatic rings. The number of aromatic nitrogens is 1. The molecule has 0 spiro atoms. The fourth-order valence-corrected chi connectivity index (χ4v) is 2.73. The Morgan fingerprint density at radius 2 is 2.24 bits per heavy atom. The first-order valence-electron chi connectivity index (χ1n) is 7.08. The largest absolute Gasteiger partial charge is 0.407 e. The Morgan fingerprint density at radius 1 is 1.48 bits per heavy atom. The maximum Gasteiger partial charge on any atom is 0.315 e. The lowest BCUT2D eigenvalue weighted by molar-refractivity contribution is -0.141. The van der Waals surface area contributed by atoms with E-state index >= 15 is 0 Å². The number of carbonyl (C=O) groups excluding carboxylic acids is 1. The lowest BCUT2D eigenvalue weighted by Crippen LogP contribution is -2.29. The molecule has 2 atom stereocenters. The van der Waals surface area contributed by atoms with E-state index in [1.54, 1.807) is 13.0 Å². The zero-order chi connectivity index (χ0) is 15.5. The van der Waals surface area contributed by atoms with Gasteiger partial charge in [0.15, 0.2) is 0 Å². The third-order valence-electron chi connectivity index (χ3n) is 3.91. The van der Waals surface area contributed by atoms with Crippen molar-refractivity contribution in [1.82, 2.24) is 4.98 Å². The molecule has 0 bridgehead atoms. The Hall–Kier alpha value is -1.23. The Balaban J connectivity index is 1.99. The SMILES string of the molecule is CC(C(=O)Oc1ccc(Cl)cn1)C1CCCCC(F)(F)C1. The van der Waals surface area contributed by atoms with Crippen molar-refractivity contribution in [3.05, 3.63) is 23.4 Å². The standard InChI is InChI=1S/C15H18ClF2NO2/c1-10(11-4-2-3-7-15(17,18)8-11)14(20)21-13-6-5-12(16)9-19-13/h5-6,9-11H,2-4,7-8H2,1H3. The molecule has 116 valence electrons. The zero-order valence-electron chi connectivity index (χ0n) is 11.8. The van der Waals surface area contributed by atoms with Crippen LogP contribution in [0.1, 0.15) is 39.0 Å². The number of rotatable bonds is 3. The fourth-order valence-electron chi connectivity index (χ4n) is 2.62. The molecule has 2 rings (SSSR count). The molecule has 6 heteroatoms. The summed E-state index contributed by atoms with van der Waals surface area (Å²) < 4.78 is 32.4. The Morgan fingerprint density at radius 3 is 2.90 bits per heavy atom. The molecule has 1 aliphatic carbocycles. The van der Waals surface area contributed by atoms with Crippen LogP contribution in [0, 0.1) is 11.8 Å². The van der Waals surface area contributed by atoms with Crippen molar-refractivity contribution in [1.29, 1.82) is 0 Å². The van der Waals surface area contributed by atoms with Gasteiger partial charge in [0, 0.05) is 25.1 Å². The topological polar surface area (TPSA) is 39.2 Å². The van der Waals surface area contributed by atoms with Crippen LogP contribution in [0.5, 0.6) is 5.88 Å². The number of hydrogen-bond donors (Lipinski definition) is 0. The number of hydrogen-bond acceptors (Lipinski definition) is 3. The van der Waals surface area contributed by atoms with E-state index in [9.17, 15) is 13.6 Å². The van der Waals surface area contributed by atoms with Crippen LogP contribution in [0.2, 0.25) is 5.02 Å². The van der Waals surface area contributed by atoms with Crippen LogP contribution < -0.4 is 4.74 Å². The maximum atomic E-state index is 13.6. The molecule has 0 aromatic carbocycles. The number of alkyl halides is 2. The second kappa shape index (κ2) is 6.69. The molecule has 1 aromatic heterocycles. The van der Waals surface area contributed by atoms with Gasteiger partial charge in [-0.15, -0.1) is 0 Å². The summed E-state index contributed by atoms with van der Waals surface area (Å²) in [6, 6.07) is 3.04. The van der Waals surface area contributed by atoms with E-state index in [-0.39, 0.29) is 24.6 Å². The minimum atomic E-state index is -2.69. The molecule has 2 unspecified atom stereocenters. The Bertz CT molecular complexity index is 493. The molecule has 21 heavy (non-hydrogen) atoms. The van der Waals surface area contributed by atoms with Crippen molar-refractivity contribution in [2.24, 2.45) is 11.8 Å². The van der Waals surface area contributed by atoms with Gasteiger partial charge in [0.2, 0.25) is 11.8 Å². The van der Waals surface area contributed by atoms with Gasteiger partial charge in [-0.25, -0.2) is 13.8 Å². The predicted octanol–water partition coefficient (Wildman–Crippen LogP) is 4.49. The molecule has 0 amide bonds. The number of ether oxygens (including phenoxy) is 1. The van der Waals surface area contributed by atoms with Gasteiger partial charge in [0.25, 0.3) is 0 Å². The minimum Gasteiger partial charge on any atom is -0.407 e. The van der Waals surface area contributed by atoms with E-state index in [0.29, 0.717) is 17.9 Å². The minimum absolute atomic E-state index is 0.0932. The van der Waals surface area contributed by atoms with Crippen molar-refractivity contribution < 1.29 is 18.3 Å². The van der Waals surface area contributed by atoms with Crippen LogP contribution in [0.15, 0.2) is 18.3 Å². The average Bonchev–Trinajstić information content (AvgIpc) is 2.61. The van der Waals surface area contributed by atoms with E-state index < -0.39 is 17.8 Å². The molecule has 1 aliphatic rings. The first-order valence-corrected chi connectivity index (χ1v) is 7.46. The molecule has 1 saturated carbocycles. The third kappa shape index (κ3) is 4.63. The Kier molecular flexibility index (Phi) is 5.14. The van der Waals surface area contributed by atoms with Gasteiger partial charge in [-0.3, -0.25) is 4.79 Å². The normalized spacial score (nSPS) is 23.1. The van der Waals surface area contributed by atoms with Crippen LogP contribution in [-0.4, -0.2) is 16.9 Å². The summed E-state index contributed by atoms with van der Waals surface area (Å²) in [5.74, 6) is -4.01. The van der Waals surface area contributed by atoms with Crippen molar-refractivity contribution in [3.63, 3.8) is 0 Å². The van der Waals surface area contributed by atoms with Gasteiger partial charge in [-0.1, -0.05) is 24.9 Å². The van der Waals surface area contributed by atoms with E-state index in [0.717, 1.165) is 6.42 Å². The molecular formula is C15H18ClF2NO2. The number of pyridine rings is 1. The monoisotopic (exact) mass is 317 g/mol. The summed E-state index contributed by atoms with van der Waals surface area (Å²) in [7, 11) is 0. The van der Waals surface area contributed by atoms with Crippen LogP contribution in [-0.2, 0) is 4.79 Å². The highest BCUT2D eigenvalue weighted by Gasteiger charge is 2.38. The quantitative estimate of drug-likeness (QED) is 0.609. The molecular weight excluding hydrogens is 300 g/mol. The molecule has 0 saturated heterocycles. The summed E-state index contributed by atoms with van der Waals surface area (Å²) in [5, 5.41) is 0.436. The smallest absolute Gasteiger partial charge is 0.315 e. The van der Waals surface area contributed by atoms with E-state index in [2.05, 4.69) is 4.98 Å². The van der Waals surface area contributed by atoms with Gasteiger partial charge < -0.3 is 4.74 Å². The van der Waals surface area contributed by atoms with Gasteiger partial charge in [-0.05, 0) is 24.8 Å². The highest BCUT2D eigenvalue weighted by molar-refractivity contribution is 6.30. The van der Waals surface area contributed by atoms with Gasteiger partial charge in [-0.2, -0.15) is 0 Å². The van der Waals surface area contributed by atoms with Crippen LogP contribution in [0.4, 0.5) is 8.78 Å². The molecule has 1 heterocycles. The van der Waals surface area contributed by atoms with Gasteiger partial charge in [0.1, 0.15) is 0 Å². The van der Waals surface area contributed by atoms with Crippen molar-refractivity contribution in [2.45, 2.75) is 45.0 Å². The van der Waals surface area contributed by atoms with Gasteiger partial charge in [0.05, 0.1) is 10.9 Å². The highest BCUT2D eigenvalue weighted by Crippen LogP contribution is 2.38. The second-order valence-electron chi connectivity index (χ2n) is 5.59. The predicted molar refractivity (Wildman–Crippen MR) is 75.6 cm³/mol. The molecule has 0 N–H and O–H groups in total. The van der Waals surface area contributed by atoms with Crippen molar-refractivity contribution in [3.8, 4) is 5.88 Å². The lowest BCUT2D eigenvalue weighted by atomic mass is 9.86. The number of esters is 1. The molecule has 0 radical (unpaired) electrons. The van der Waals surface area contributed by atoms with E-state index in [1.165, 1.54) is 12.3 Å². The average molecular weight is 318 g/mol. The summed E-state index contributed by atoms with van der Waals surface area (Å²) in [6.45, 7) is 1.64. The summed E-state index contributed by atoms with van der Waals surface area (Å²) in [4.78, 5) is 15.9. The fraction of sp³-hybridized carbons (Fsp3) is 0.600. The Labute approximate surface area is 127 Å². The maximum absolute atomic E-state index is 13.6. The third-order valence-corrected chi connectivity index (χ3v) is 4.14. The number of carbonyl (C=O) groups is 1. The first-order chi connectivity index (χ1) is 9.87. The molecule has 3 nitrogen and oxygen atoms in total. The second-order valence-corrected chi connectivity index (χ2v) is 6.03. The molecule has 1 fully saturated rings. The van der Waals surface area contributed by atoms with Crippen molar-refractivity contribution >= 4 is 17.6 Å².